The second-order valence-corrected chi connectivity index (χ2v) is 8.01. The Morgan fingerprint density at radius 1 is 1.16 bits per heavy atom. The molecule has 0 aliphatic carbocycles. The molecule has 0 saturated carbocycles. The number of amides is 1. The van der Waals surface area contributed by atoms with Crippen molar-refractivity contribution in [1.82, 2.24) is 14.8 Å². The van der Waals surface area contributed by atoms with Crippen LogP contribution in [0.15, 0.2) is 24.5 Å². The van der Waals surface area contributed by atoms with Crippen molar-refractivity contribution in [2.45, 2.75) is 38.6 Å². The largest absolute Gasteiger partial charge is 0.381 e. The maximum absolute atomic E-state index is 13.2. The lowest BCUT2D eigenvalue weighted by atomic mass is 9.78. The Morgan fingerprint density at radius 2 is 1.96 bits per heavy atom. The quantitative estimate of drug-likeness (QED) is 0.842. The molecule has 0 bridgehead atoms. The minimum atomic E-state index is -0.129. The molecule has 4 heterocycles. The lowest BCUT2D eigenvalue weighted by Gasteiger charge is -2.41. The highest BCUT2D eigenvalue weighted by molar-refractivity contribution is 5.85. The van der Waals surface area contributed by atoms with Gasteiger partial charge in [-0.15, -0.1) is 0 Å². The van der Waals surface area contributed by atoms with Crippen molar-refractivity contribution in [2.75, 3.05) is 39.4 Å². The van der Waals surface area contributed by atoms with E-state index in [2.05, 4.69) is 14.8 Å². The Labute approximate surface area is 150 Å². The van der Waals surface area contributed by atoms with Crippen molar-refractivity contribution >= 4 is 5.91 Å². The zero-order chi connectivity index (χ0) is 17.1. The lowest BCUT2D eigenvalue weighted by Crippen LogP contribution is -2.49. The lowest BCUT2D eigenvalue weighted by molar-refractivity contribution is -0.139. The second kappa shape index (κ2) is 7.42. The van der Waals surface area contributed by atoms with E-state index in [1.54, 1.807) is 0 Å². The van der Waals surface area contributed by atoms with Crippen LogP contribution in [0.4, 0.5) is 0 Å². The molecule has 25 heavy (non-hydrogen) atoms. The van der Waals surface area contributed by atoms with Gasteiger partial charge in [0, 0.05) is 51.8 Å². The van der Waals surface area contributed by atoms with Gasteiger partial charge in [-0.25, -0.2) is 0 Å². The first-order valence-electron chi connectivity index (χ1n) is 9.74. The molecule has 1 atom stereocenters. The minimum absolute atomic E-state index is 0.129. The SMILES string of the molecule is O=C1N(Cc2ccncc2)CC[C@]12CCCN(CC1CCOCC1)C2. The fourth-order valence-electron chi connectivity index (χ4n) is 4.81. The van der Waals surface area contributed by atoms with Crippen LogP contribution in [0.3, 0.4) is 0 Å². The Morgan fingerprint density at radius 3 is 2.76 bits per heavy atom. The number of carbonyl (C=O) groups excluding carboxylic acids is 1. The highest BCUT2D eigenvalue weighted by Gasteiger charge is 2.48. The number of ether oxygens (including phenoxy) is 1. The van der Waals surface area contributed by atoms with Gasteiger partial charge < -0.3 is 14.5 Å². The summed E-state index contributed by atoms with van der Waals surface area (Å²) in [5, 5.41) is 0. The summed E-state index contributed by atoms with van der Waals surface area (Å²) in [7, 11) is 0. The van der Waals surface area contributed by atoms with Crippen molar-refractivity contribution in [2.24, 2.45) is 11.3 Å². The number of nitrogens with zero attached hydrogens (tertiary/aromatic N) is 3. The van der Waals surface area contributed by atoms with Gasteiger partial charge in [0.1, 0.15) is 0 Å². The van der Waals surface area contributed by atoms with Gasteiger partial charge in [-0.1, -0.05) is 0 Å². The molecule has 0 aromatic carbocycles. The van der Waals surface area contributed by atoms with Crippen LogP contribution < -0.4 is 0 Å². The topological polar surface area (TPSA) is 45.7 Å². The Balaban J connectivity index is 1.38. The van der Waals surface area contributed by atoms with Crippen molar-refractivity contribution in [3.63, 3.8) is 0 Å². The first-order chi connectivity index (χ1) is 12.3. The number of rotatable bonds is 4. The molecule has 0 N–H and O–H groups in total. The second-order valence-electron chi connectivity index (χ2n) is 8.01. The van der Waals surface area contributed by atoms with Gasteiger partial charge >= 0.3 is 0 Å². The van der Waals surface area contributed by atoms with Crippen LogP contribution in [0.5, 0.6) is 0 Å². The van der Waals surface area contributed by atoms with Gasteiger partial charge in [0.2, 0.25) is 5.91 Å². The third kappa shape index (κ3) is 3.72. The molecule has 3 aliphatic heterocycles. The highest BCUT2D eigenvalue weighted by Crippen LogP contribution is 2.41. The average molecular weight is 343 g/mol. The molecule has 1 spiro atoms. The third-order valence-corrected chi connectivity index (χ3v) is 6.24. The predicted octanol–water partition coefficient (Wildman–Crippen LogP) is 2.32. The Kier molecular flexibility index (Phi) is 5.04. The normalized spacial score (nSPS) is 28.8. The van der Waals surface area contributed by atoms with Gasteiger partial charge in [-0.3, -0.25) is 9.78 Å². The number of hydrogen-bond donors (Lipinski definition) is 0. The summed E-state index contributed by atoms with van der Waals surface area (Å²) in [6, 6.07) is 4.02. The van der Waals surface area contributed by atoms with Crippen LogP contribution in [0.25, 0.3) is 0 Å². The predicted molar refractivity (Wildman–Crippen MR) is 95.9 cm³/mol. The molecule has 1 aromatic heterocycles. The zero-order valence-electron chi connectivity index (χ0n) is 15.0. The molecular weight excluding hydrogens is 314 g/mol. The van der Waals surface area contributed by atoms with E-state index in [0.29, 0.717) is 5.91 Å². The van der Waals surface area contributed by atoms with Crippen LogP contribution in [0.2, 0.25) is 0 Å². The van der Waals surface area contributed by atoms with Gasteiger partial charge in [-0.05, 0) is 62.3 Å². The van der Waals surface area contributed by atoms with E-state index in [1.807, 2.05) is 24.5 Å². The molecule has 3 aliphatic rings. The summed E-state index contributed by atoms with van der Waals surface area (Å²) in [5.74, 6) is 1.12. The minimum Gasteiger partial charge on any atom is -0.381 e. The van der Waals surface area contributed by atoms with Crippen molar-refractivity contribution in [3.05, 3.63) is 30.1 Å². The molecule has 4 rings (SSSR count). The fourth-order valence-corrected chi connectivity index (χ4v) is 4.81. The number of carbonyl (C=O) groups is 1. The van der Waals surface area contributed by atoms with Crippen LogP contribution in [0, 0.1) is 11.3 Å². The molecule has 0 radical (unpaired) electrons. The summed E-state index contributed by atoms with van der Waals surface area (Å²) in [6.07, 6.45) is 9.18. The highest BCUT2D eigenvalue weighted by atomic mass is 16.5. The van der Waals surface area contributed by atoms with Gasteiger partial charge in [0.25, 0.3) is 0 Å². The van der Waals surface area contributed by atoms with Crippen molar-refractivity contribution < 1.29 is 9.53 Å². The fraction of sp³-hybridized carbons (Fsp3) is 0.700. The van der Waals surface area contributed by atoms with Crippen LogP contribution >= 0.6 is 0 Å². The molecule has 3 saturated heterocycles. The van der Waals surface area contributed by atoms with E-state index in [4.69, 9.17) is 4.74 Å². The van der Waals surface area contributed by atoms with E-state index in [0.717, 1.165) is 71.1 Å². The summed E-state index contributed by atoms with van der Waals surface area (Å²) < 4.78 is 5.49. The van der Waals surface area contributed by atoms with Crippen LogP contribution in [0.1, 0.15) is 37.7 Å². The van der Waals surface area contributed by atoms with Crippen molar-refractivity contribution in [3.8, 4) is 0 Å². The maximum Gasteiger partial charge on any atom is 0.230 e. The number of hydrogen-bond acceptors (Lipinski definition) is 4. The average Bonchev–Trinajstić information content (AvgIpc) is 2.93. The summed E-state index contributed by atoms with van der Waals surface area (Å²) in [4.78, 5) is 21.9. The molecular formula is C20H29N3O2. The Hall–Kier alpha value is -1.46. The van der Waals surface area contributed by atoms with Crippen LogP contribution in [-0.2, 0) is 16.1 Å². The number of likely N-dealkylation sites (tertiary alicyclic amines) is 2. The maximum atomic E-state index is 13.2. The summed E-state index contributed by atoms with van der Waals surface area (Å²) in [6.45, 7) is 6.68. The van der Waals surface area contributed by atoms with E-state index in [1.165, 1.54) is 18.4 Å². The smallest absolute Gasteiger partial charge is 0.230 e. The Bertz CT molecular complexity index is 588. The van der Waals surface area contributed by atoms with E-state index >= 15 is 0 Å². The monoisotopic (exact) mass is 343 g/mol. The van der Waals surface area contributed by atoms with Gasteiger partial charge in [0.05, 0.1) is 5.41 Å². The molecule has 3 fully saturated rings. The first-order valence-corrected chi connectivity index (χ1v) is 9.74. The molecule has 1 aromatic rings. The molecule has 5 heteroatoms. The summed E-state index contributed by atoms with van der Waals surface area (Å²) in [5.41, 5.74) is 1.05. The number of pyridine rings is 1. The van der Waals surface area contributed by atoms with Crippen LogP contribution in [-0.4, -0.2) is 60.1 Å². The van der Waals surface area contributed by atoms with E-state index in [-0.39, 0.29) is 5.41 Å². The zero-order valence-corrected chi connectivity index (χ0v) is 15.0. The molecule has 1 amide bonds. The molecule has 0 unspecified atom stereocenters. The summed E-state index contributed by atoms with van der Waals surface area (Å²) >= 11 is 0. The standard InChI is InChI=1S/C20H29N3O2/c24-19-20(7-11-23(19)15-17-2-8-21-9-3-17)6-1-10-22(16-20)14-18-4-12-25-13-5-18/h2-3,8-9,18H,1,4-7,10-16H2/t20-/m0/s1. The first kappa shape index (κ1) is 17.0. The van der Waals surface area contributed by atoms with Gasteiger partial charge in [-0.2, -0.15) is 0 Å². The number of aromatic nitrogens is 1. The number of piperidine rings is 1. The van der Waals surface area contributed by atoms with Gasteiger partial charge in [0.15, 0.2) is 0 Å². The molecule has 136 valence electrons. The molecule has 5 nitrogen and oxygen atoms in total. The van der Waals surface area contributed by atoms with E-state index in [9.17, 15) is 4.79 Å². The van der Waals surface area contributed by atoms with E-state index < -0.39 is 0 Å². The van der Waals surface area contributed by atoms with Crippen molar-refractivity contribution in [1.29, 1.82) is 0 Å². The third-order valence-electron chi connectivity index (χ3n) is 6.24.